The SMILES string of the molecule is CCOc1ccc([C@H](C)NC(=O)[C@@H](CC)Oc2ccccc2C)cc1. The first kappa shape index (κ1) is 18.8. The van der Waals surface area contributed by atoms with Gasteiger partial charge in [0, 0.05) is 0 Å². The van der Waals surface area contributed by atoms with Crippen LogP contribution in [0.5, 0.6) is 11.5 Å². The van der Waals surface area contributed by atoms with Gasteiger partial charge in [-0.25, -0.2) is 0 Å². The van der Waals surface area contributed by atoms with Gasteiger partial charge in [0.05, 0.1) is 12.6 Å². The summed E-state index contributed by atoms with van der Waals surface area (Å²) in [6, 6.07) is 15.4. The van der Waals surface area contributed by atoms with Crippen LogP contribution in [-0.2, 0) is 4.79 Å². The Morgan fingerprint density at radius 3 is 2.36 bits per heavy atom. The van der Waals surface area contributed by atoms with Crippen molar-refractivity contribution in [1.82, 2.24) is 5.32 Å². The maximum Gasteiger partial charge on any atom is 0.261 e. The van der Waals surface area contributed by atoms with Crippen molar-refractivity contribution in [3.8, 4) is 11.5 Å². The van der Waals surface area contributed by atoms with E-state index in [0.717, 1.165) is 22.6 Å². The molecule has 0 saturated heterocycles. The highest BCUT2D eigenvalue weighted by Gasteiger charge is 2.21. The molecule has 0 fully saturated rings. The molecule has 0 heterocycles. The fourth-order valence-corrected chi connectivity index (χ4v) is 2.57. The van der Waals surface area contributed by atoms with Crippen LogP contribution in [0.3, 0.4) is 0 Å². The number of carbonyl (C=O) groups is 1. The van der Waals surface area contributed by atoms with Gasteiger partial charge in [0.2, 0.25) is 0 Å². The molecule has 0 unspecified atom stereocenters. The Balaban J connectivity index is 1.99. The van der Waals surface area contributed by atoms with Crippen molar-refractivity contribution in [3.05, 3.63) is 59.7 Å². The third-order valence-corrected chi connectivity index (χ3v) is 4.08. The van der Waals surface area contributed by atoms with Crippen LogP contribution in [0, 0.1) is 6.92 Å². The molecule has 0 aromatic heterocycles. The second kappa shape index (κ2) is 9.11. The third-order valence-electron chi connectivity index (χ3n) is 4.08. The highest BCUT2D eigenvalue weighted by Crippen LogP contribution is 2.21. The van der Waals surface area contributed by atoms with E-state index >= 15 is 0 Å². The summed E-state index contributed by atoms with van der Waals surface area (Å²) in [4.78, 5) is 12.6. The number of para-hydroxylation sites is 1. The monoisotopic (exact) mass is 341 g/mol. The van der Waals surface area contributed by atoms with Crippen molar-refractivity contribution in [2.24, 2.45) is 0 Å². The quantitative estimate of drug-likeness (QED) is 0.773. The van der Waals surface area contributed by atoms with Crippen LogP contribution in [0.1, 0.15) is 44.4 Å². The van der Waals surface area contributed by atoms with E-state index in [1.165, 1.54) is 0 Å². The van der Waals surface area contributed by atoms with Gasteiger partial charge in [0.1, 0.15) is 11.5 Å². The van der Waals surface area contributed by atoms with Crippen molar-refractivity contribution in [1.29, 1.82) is 0 Å². The number of nitrogens with one attached hydrogen (secondary N) is 1. The van der Waals surface area contributed by atoms with E-state index in [1.54, 1.807) is 0 Å². The molecule has 2 atom stereocenters. The summed E-state index contributed by atoms with van der Waals surface area (Å²) in [7, 11) is 0. The van der Waals surface area contributed by atoms with Crippen molar-refractivity contribution >= 4 is 5.91 Å². The minimum Gasteiger partial charge on any atom is -0.494 e. The summed E-state index contributed by atoms with van der Waals surface area (Å²) in [5, 5.41) is 3.03. The molecule has 4 heteroatoms. The van der Waals surface area contributed by atoms with Gasteiger partial charge in [-0.2, -0.15) is 0 Å². The Hall–Kier alpha value is -2.49. The number of carbonyl (C=O) groups excluding carboxylic acids is 1. The molecule has 0 radical (unpaired) electrons. The maximum atomic E-state index is 12.6. The van der Waals surface area contributed by atoms with Crippen molar-refractivity contribution in [3.63, 3.8) is 0 Å². The summed E-state index contributed by atoms with van der Waals surface area (Å²) < 4.78 is 11.4. The molecule has 0 aliphatic rings. The first-order valence-corrected chi connectivity index (χ1v) is 8.80. The number of hydrogen-bond acceptors (Lipinski definition) is 3. The number of rotatable bonds is 8. The molecule has 2 aromatic carbocycles. The molecule has 0 spiro atoms. The Bertz CT molecular complexity index is 682. The molecule has 25 heavy (non-hydrogen) atoms. The van der Waals surface area contributed by atoms with Gasteiger partial charge in [-0.1, -0.05) is 37.3 Å². The highest BCUT2D eigenvalue weighted by molar-refractivity contribution is 5.81. The lowest BCUT2D eigenvalue weighted by molar-refractivity contribution is -0.128. The largest absolute Gasteiger partial charge is 0.494 e. The van der Waals surface area contributed by atoms with Crippen molar-refractivity contribution < 1.29 is 14.3 Å². The van der Waals surface area contributed by atoms with E-state index in [9.17, 15) is 4.79 Å². The lowest BCUT2D eigenvalue weighted by Crippen LogP contribution is -2.39. The Morgan fingerprint density at radius 1 is 1.08 bits per heavy atom. The van der Waals surface area contributed by atoms with Gasteiger partial charge in [-0.3, -0.25) is 4.79 Å². The van der Waals surface area contributed by atoms with E-state index in [4.69, 9.17) is 9.47 Å². The smallest absolute Gasteiger partial charge is 0.261 e. The van der Waals surface area contributed by atoms with Crippen LogP contribution in [0.4, 0.5) is 0 Å². The Morgan fingerprint density at radius 2 is 1.76 bits per heavy atom. The van der Waals surface area contributed by atoms with E-state index in [-0.39, 0.29) is 11.9 Å². The molecular weight excluding hydrogens is 314 g/mol. The molecule has 4 nitrogen and oxygen atoms in total. The van der Waals surface area contributed by atoms with Gasteiger partial charge in [-0.05, 0) is 56.5 Å². The third kappa shape index (κ3) is 5.24. The lowest BCUT2D eigenvalue weighted by atomic mass is 10.1. The molecule has 1 amide bonds. The van der Waals surface area contributed by atoms with Crippen LogP contribution < -0.4 is 14.8 Å². The Labute approximate surface area is 150 Å². The molecule has 0 aliphatic carbocycles. The second-order valence-corrected chi connectivity index (χ2v) is 6.01. The normalized spacial score (nSPS) is 13.0. The number of hydrogen-bond donors (Lipinski definition) is 1. The standard InChI is InChI=1S/C21H27NO3/c1-5-19(25-20-10-8-7-9-15(20)3)21(23)22-16(4)17-11-13-18(14-12-17)24-6-2/h7-14,16,19H,5-6H2,1-4H3,(H,22,23)/t16-,19+/m0/s1. The molecule has 0 bridgehead atoms. The Kier molecular flexibility index (Phi) is 6.87. The van der Waals surface area contributed by atoms with Gasteiger partial charge in [0.15, 0.2) is 6.10 Å². The molecule has 134 valence electrons. The minimum absolute atomic E-state index is 0.0994. The van der Waals surface area contributed by atoms with Gasteiger partial charge in [-0.15, -0.1) is 0 Å². The summed E-state index contributed by atoms with van der Waals surface area (Å²) in [6.45, 7) is 8.48. The zero-order valence-electron chi connectivity index (χ0n) is 15.4. The summed E-state index contributed by atoms with van der Waals surface area (Å²) in [6.07, 6.45) is 0.0992. The van der Waals surface area contributed by atoms with Gasteiger partial charge in [0.25, 0.3) is 5.91 Å². The zero-order valence-corrected chi connectivity index (χ0v) is 15.4. The summed E-state index contributed by atoms with van der Waals surface area (Å²) in [5.74, 6) is 1.48. The van der Waals surface area contributed by atoms with E-state index in [1.807, 2.05) is 76.2 Å². The van der Waals surface area contributed by atoms with Crippen LogP contribution in [0.15, 0.2) is 48.5 Å². The minimum atomic E-state index is -0.508. The van der Waals surface area contributed by atoms with Crippen molar-refractivity contribution in [2.75, 3.05) is 6.61 Å². The molecule has 2 rings (SSSR count). The number of benzene rings is 2. The predicted molar refractivity (Wildman–Crippen MR) is 100 cm³/mol. The fraction of sp³-hybridized carbons (Fsp3) is 0.381. The van der Waals surface area contributed by atoms with Crippen LogP contribution >= 0.6 is 0 Å². The molecule has 0 aliphatic heterocycles. The molecular formula is C21H27NO3. The van der Waals surface area contributed by atoms with Crippen molar-refractivity contribution in [2.45, 2.75) is 46.3 Å². The van der Waals surface area contributed by atoms with E-state index in [0.29, 0.717) is 13.0 Å². The maximum absolute atomic E-state index is 12.6. The van der Waals surface area contributed by atoms with Gasteiger partial charge >= 0.3 is 0 Å². The first-order chi connectivity index (χ1) is 12.0. The molecule has 1 N–H and O–H groups in total. The number of aryl methyl sites for hydroxylation is 1. The lowest BCUT2D eigenvalue weighted by Gasteiger charge is -2.21. The van der Waals surface area contributed by atoms with Crippen LogP contribution in [0.2, 0.25) is 0 Å². The van der Waals surface area contributed by atoms with Crippen LogP contribution in [0.25, 0.3) is 0 Å². The first-order valence-electron chi connectivity index (χ1n) is 8.80. The highest BCUT2D eigenvalue weighted by atomic mass is 16.5. The van der Waals surface area contributed by atoms with E-state index in [2.05, 4.69) is 5.32 Å². The predicted octanol–water partition coefficient (Wildman–Crippen LogP) is 4.43. The average molecular weight is 341 g/mol. The molecule has 2 aromatic rings. The second-order valence-electron chi connectivity index (χ2n) is 6.01. The summed E-state index contributed by atoms with van der Waals surface area (Å²) in [5.41, 5.74) is 2.05. The number of amides is 1. The van der Waals surface area contributed by atoms with Crippen LogP contribution in [-0.4, -0.2) is 18.6 Å². The summed E-state index contributed by atoms with van der Waals surface area (Å²) >= 11 is 0. The number of ether oxygens (including phenoxy) is 2. The molecule has 0 saturated carbocycles. The topological polar surface area (TPSA) is 47.6 Å². The van der Waals surface area contributed by atoms with Gasteiger partial charge < -0.3 is 14.8 Å². The van der Waals surface area contributed by atoms with E-state index < -0.39 is 6.10 Å². The average Bonchev–Trinajstić information content (AvgIpc) is 2.61. The fourth-order valence-electron chi connectivity index (χ4n) is 2.57. The zero-order chi connectivity index (χ0) is 18.2.